The van der Waals surface area contributed by atoms with Crippen molar-refractivity contribution in [3.05, 3.63) is 65.8 Å². The van der Waals surface area contributed by atoms with Crippen LogP contribution < -0.4 is 5.73 Å². The number of allylic oxidation sites excluding steroid dienone is 3. The van der Waals surface area contributed by atoms with E-state index in [2.05, 4.69) is 42.5 Å². The number of likely N-dealkylation sites (N-methyl/N-ethyl adjacent to an activating group) is 1. The Balaban J connectivity index is 2.04. The number of benzene rings is 1. The lowest BCUT2D eigenvalue weighted by molar-refractivity contribution is 0.215. The molecule has 2 N–H and O–H groups in total. The average Bonchev–Trinajstić information content (AvgIpc) is 2.39. The Morgan fingerprint density at radius 1 is 1.17 bits per heavy atom. The summed E-state index contributed by atoms with van der Waals surface area (Å²) in [6.07, 6.45) is 11.4. The minimum atomic E-state index is -0.343. The van der Waals surface area contributed by atoms with Crippen molar-refractivity contribution in [2.75, 3.05) is 14.1 Å². The van der Waals surface area contributed by atoms with Crippen molar-refractivity contribution >= 4 is 6.08 Å². The van der Waals surface area contributed by atoms with Crippen LogP contribution in [0.3, 0.4) is 0 Å². The van der Waals surface area contributed by atoms with Gasteiger partial charge >= 0.3 is 0 Å². The zero-order chi connectivity index (χ0) is 13.0. The molecule has 0 aromatic heterocycles. The summed E-state index contributed by atoms with van der Waals surface area (Å²) in [5.74, 6) is 0. The molecule has 1 aliphatic carbocycles. The van der Waals surface area contributed by atoms with Crippen molar-refractivity contribution in [1.82, 2.24) is 4.90 Å². The predicted molar refractivity (Wildman–Crippen MR) is 77.9 cm³/mol. The highest BCUT2D eigenvalue weighted by Gasteiger charge is 2.24. The van der Waals surface area contributed by atoms with E-state index in [0.717, 1.165) is 6.42 Å². The fourth-order valence-electron chi connectivity index (χ4n) is 1.87. The summed E-state index contributed by atoms with van der Waals surface area (Å²) in [6.45, 7) is 0. The van der Waals surface area contributed by atoms with Crippen LogP contribution in [0.15, 0.2) is 60.2 Å². The van der Waals surface area contributed by atoms with Crippen LogP contribution in [0.25, 0.3) is 6.08 Å². The topological polar surface area (TPSA) is 29.3 Å². The van der Waals surface area contributed by atoms with E-state index in [-0.39, 0.29) is 5.66 Å². The standard InChI is InChI=1S/C16H20N2/c1-18(2)16(17)12-10-15(11-13-16)9-8-14-6-4-3-5-7-14/h3-12H,13,17H2,1-2H3. The Morgan fingerprint density at radius 2 is 1.89 bits per heavy atom. The van der Waals surface area contributed by atoms with Crippen molar-refractivity contribution in [1.29, 1.82) is 0 Å². The van der Waals surface area contributed by atoms with Gasteiger partial charge < -0.3 is 5.73 Å². The fraction of sp³-hybridized carbons (Fsp3) is 0.250. The van der Waals surface area contributed by atoms with Crippen molar-refractivity contribution < 1.29 is 0 Å². The molecule has 1 unspecified atom stereocenters. The van der Waals surface area contributed by atoms with Crippen LogP contribution in [0.1, 0.15) is 12.0 Å². The summed E-state index contributed by atoms with van der Waals surface area (Å²) in [6, 6.07) is 10.3. The largest absolute Gasteiger partial charge is 0.310 e. The van der Waals surface area contributed by atoms with Gasteiger partial charge in [0.2, 0.25) is 0 Å². The minimum absolute atomic E-state index is 0.343. The highest BCUT2D eigenvalue weighted by atomic mass is 15.2. The van der Waals surface area contributed by atoms with E-state index in [0.29, 0.717) is 0 Å². The van der Waals surface area contributed by atoms with Gasteiger partial charge in [0.15, 0.2) is 0 Å². The summed E-state index contributed by atoms with van der Waals surface area (Å²) >= 11 is 0. The second kappa shape index (κ2) is 5.34. The van der Waals surface area contributed by atoms with E-state index in [4.69, 9.17) is 5.73 Å². The normalized spacial score (nSPS) is 23.7. The molecule has 0 bridgehead atoms. The Kier molecular flexibility index (Phi) is 3.80. The fourth-order valence-corrected chi connectivity index (χ4v) is 1.87. The molecule has 0 radical (unpaired) electrons. The van der Waals surface area contributed by atoms with Gasteiger partial charge in [-0.3, -0.25) is 4.90 Å². The van der Waals surface area contributed by atoms with Crippen LogP contribution in [0.5, 0.6) is 0 Å². The van der Waals surface area contributed by atoms with Gasteiger partial charge in [-0.15, -0.1) is 0 Å². The van der Waals surface area contributed by atoms with Gasteiger partial charge in [-0.25, -0.2) is 0 Å². The van der Waals surface area contributed by atoms with E-state index < -0.39 is 0 Å². The van der Waals surface area contributed by atoms with Crippen LogP contribution in [-0.2, 0) is 0 Å². The third-order valence-corrected chi connectivity index (χ3v) is 3.33. The number of nitrogens with zero attached hydrogens (tertiary/aromatic N) is 1. The highest BCUT2D eigenvalue weighted by molar-refractivity contribution is 5.55. The zero-order valence-corrected chi connectivity index (χ0v) is 11.0. The first-order chi connectivity index (χ1) is 8.60. The molecule has 94 valence electrons. The Hall–Kier alpha value is -1.64. The summed E-state index contributed by atoms with van der Waals surface area (Å²) < 4.78 is 0. The van der Waals surface area contributed by atoms with Crippen LogP contribution >= 0.6 is 0 Å². The number of nitrogens with two attached hydrogens (primary N) is 1. The second-order valence-electron chi connectivity index (χ2n) is 4.87. The summed E-state index contributed by atoms with van der Waals surface area (Å²) in [5, 5.41) is 0. The van der Waals surface area contributed by atoms with Crippen LogP contribution in [0.2, 0.25) is 0 Å². The van der Waals surface area contributed by atoms with Gasteiger partial charge in [0.25, 0.3) is 0 Å². The quantitative estimate of drug-likeness (QED) is 0.823. The molecule has 0 aliphatic heterocycles. The molecule has 0 saturated carbocycles. The van der Waals surface area contributed by atoms with Crippen molar-refractivity contribution in [3.63, 3.8) is 0 Å². The van der Waals surface area contributed by atoms with E-state index in [1.54, 1.807) is 0 Å². The Bertz CT molecular complexity index is 483. The molecule has 18 heavy (non-hydrogen) atoms. The maximum atomic E-state index is 6.24. The lowest BCUT2D eigenvalue weighted by atomic mass is 9.96. The SMILES string of the molecule is CN(C)C1(N)C=CC(C=Cc2ccccc2)=CC1. The van der Waals surface area contributed by atoms with Crippen LogP contribution in [0, 0.1) is 0 Å². The Labute approximate surface area is 109 Å². The predicted octanol–water partition coefficient (Wildman–Crippen LogP) is 2.80. The van der Waals surface area contributed by atoms with E-state index in [1.807, 2.05) is 37.2 Å². The second-order valence-corrected chi connectivity index (χ2v) is 4.87. The lowest BCUT2D eigenvalue weighted by Crippen LogP contribution is -2.51. The van der Waals surface area contributed by atoms with Crippen molar-refractivity contribution in [2.24, 2.45) is 5.73 Å². The highest BCUT2D eigenvalue weighted by Crippen LogP contribution is 2.21. The van der Waals surface area contributed by atoms with Crippen molar-refractivity contribution in [3.8, 4) is 0 Å². The molecule has 0 amide bonds. The lowest BCUT2D eigenvalue weighted by Gasteiger charge is -2.34. The monoisotopic (exact) mass is 240 g/mol. The first kappa shape index (κ1) is 12.8. The minimum Gasteiger partial charge on any atom is -0.310 e. The molecule has 0 spiro atoms. The molecule has 1 aliphatic rings. The summed E-state index contributed by atoms with van der Waals surface area (Å²) in [5.41, 5.74) is 8.32. The van der Waals surface area contributed by atoms with Gasteiger partial charge in [-0.2, -0.15) is 0 Å². The average molecular weight is 240 g/mol. The summed E-state index contributed by atoms with van der Waals surface area (Å²) in [7, 11) is 4.01. The maximum absolute atomic E-state index is 6.24. The van der Waals surface area contributed by atoms with E-state index in [1.165, 1.54) is 11.1 Å². The third kappa shape index (κ3) is 2.97. The van der Waals surface area contributed by atoms with E-state index >= 15 is 0 Å². The summed E-state index contributed by atoms with van der Waals surface area (Å²) in [4.78, 5) is 2.04. The van der Waals surface area contributed by atoms with Crippen LogP contribution in [0.4, 0.5) is 0 Å². The first-order valence-corrected chi connectivity index (χ1v) is 6.19. The van der Waals surface area contributed by atoms with Gasteiger partial charge in [-0.1, -0.05) is 54.6 Å². The molecule has 1 atom stereocenters. The molecule has 1 aromatic rings. The van der Waals surface area contributed by atoms with Gasteiger partial charge in [0.1, 0.15) is 0 Å². The molecular weight excluding hydrogens is 220 g/mol. The van der Waals surface area contributed by atoms with Gasteiger partial charge in [-0.05, 0) is 31.3 Å². The molecule has 2 heteroatoms. The molecule has 2 rings (SSSR count). The Morgan fingerprint density at radius 3 is 2.44 bits per heavy atom. The number of hydrogen-bond acceptors (Lipinski definition) is 2. The van der Waals surface area contributed by atoms with Gasteiger partial charge in [0.05, 0.1) is 5.66 Å². The third-order valence-electron chi connectivity index (χ3n) is 3.33. The van der Waals surface area contributed by atoms with Crippen LogP contribution in [-0.4, -0.2) is 24.7 Å². The molecule has 0 heterocycles. The van der Waals surface area contributed by atoms with E-state index in [9.17, 15) is 0 Å². The molecule has 0 fully saturated rings. The number of hydrogen-bond donors (Lipinski definition) is 1. The smallest absolute Gasteiger partial charge is 0.0912 e. The molecule has 0 saturated heterocycles. The molecular formula is C16H20N2. The molecule has 2 nitrogen and oxygen atoms in total. The zero-order valence-electron chi connectivity index (χ0n) is 11.0. The first-order valence-electron chi connectivity index (χ1n) is 6.19. The number of rotatable bonds is 3. The van der Waals surface area contributed by atoms with Crippen molar-refractivity contribution in [2.45, 2.75) is 12.1 Å². The molecule has 1 aromatic carbocycles. The maximum Gasteiger partial charge on any atom is 0.0912 e. The van der Waals surface area contributed by atoms with Gasteiger partial charge in [0, 0.05) is 6.42 Å².